The molecule has 0 amide bonds. The molecule has 0 heteroatoms. The molecule has 25 heavy (non-hydrogen) atoms. The van der Waals surface area contributed by atoms with Crippen molar-refractivity contribution in [3.8, 4) is 0 Å². The number of rotatable bonds is 2. The van der Waals surface area contributed by atoms with Gasteiger partial charge in [-0.2, -0.15) is 0 Å². The Bertz CT molecular complexity index is 867. The molecule has 1 aromatic rings. The van der Waals surface area contributed by atoms with Gasteiger partial charge in [-0.1, -0.05) is 81.5 Å². The van der Waals surface area contributed by atoms with Crippen LogP contribution in [-0.4, -0.2) is 0 Å². The minimum atomic E-state index is -0.235. The van der Waals surface area contributed by atoms with Crippen LogP contribution in [0, 0.1) is 0 Å². The SMILES string of the molecule is C=C1C(=C)C2(C(C)=C1/C=C\CC)C(C)=C(C)C(C)(C)c1ccccc12. The van der Waals surface area contributed by atoms with Gasteiger partial charge in [-0.05, 0) is 60.6 Å². The minimum absolute atomic E-state index is 0.0375. The predicted molar refractivity (Wildman–Crippen MR) is 110 cm³/mol. The minimum Gasteiger partial charge on any atom is -0.0937 e. The molecule has 0 heterocycles. The van der Waals surface area contributed by atoms with Crippen LogP contribution in [0.3, 0.4) is 0 Å². The maximum atomic E-state index is 4.54. The van der Waals surface area contributed by atoms with Crippen LogP contribution in [0.1, 0.15) is 59.1 Å². The summed E-state index contributed by atoms with van der Waals surface area (Å²) >= 11 is 0. The van der Waals surface area contributed by atoms with Gasteiger partial charge in [-0.15, -0.1) is 0 Å². The normalized spacial score (nSPS) is 25.5. The number of hydrogen-bond acceptors (Lipinski definition) is 0. The second kappa shape index (κ2) is 5.73. The Hall–Kier alpha value is -2.08. The molecule has 2 aliphatic carbocycles. The zero-order chi connectivity index (χ0) is 18.6. The van der Waals surface area contributed by atoms with Crippen LogP contribution in [0.15, 0.2) is 83.0 Å². The monoisotopic (exact) mass is 330 g/mol. The van der Waals surface area contributed by atoms with Crippen LogP contribution in [0.2, 0.25) is 0 Å². The van der Waals surface area contributed by atoms with E-state index in [4.69, 9.17) is 0 Å². The van der Waals surface area contributed by atoms with Crippen molar-refractivity contribution in [2.75, 3.05) is 0 Å². The van der Waals surface area contributed by atoms with Crippen LogP contribution in [0.25, 0.3) is 0 Å². The molecule has 1 unspecified atom stereocenters. The van der Waals surface area contributed by atoms with Crippen LogP contribution >= 0.6 is 0 Å². The largest absolute Gasteiger partial charge is 0.0937 e. The lowest BCUT2D eigenvalue weighted by Crippen LogP contribution is -2.40. The molecular formula is C25H30. The molecule has 0 bridgehead atoms. The van der Waals surface area contributed by atoms with E-state index in [1.54, 1.807) is 0 Å². The molecule has 130 valence electrons. The molecule has 2 aliphatic rings. The third-order valence-electron chi connectivity index (χ3n) is 6.70. The molecule has 0 radical (unpaired) electrons. The molecule has 3 rings (SSSR count). The highest BCUT2D eigenvalue weighted by molar-refractivity contribution is 5.77. The Balaban J connectivity index is 2.44. The highest BCUT2D eigenvalue weighted by Crippen LogP contribution is 2.61. The first-order chi connectivity index (χ1) is 11.7. The molecule has 1 spiro atoms. The van der Waals surface area contributed by atoms with Crippen molar-refractivity contribution in [1.82, 2.24) is 0 Å². The van der Waals surface area contributed by atoms with Crippen molar-refractivity contribution in [2.45, 2.75) is 58.8 Å². The van der Waals surface area contributed by atoms with E-state index in [-0.39, 0.29) is 10.8 Å². The molecule has 1 atom stereocenters. The van der Waals surface area contributed by atoms with E-state index >= 15 is 0 Å². The maximum Gasteiger partial charge on any atom is 0.0630 e. The second-order valence-corrected chi connectivity index (χ2v) is 7.98. The topological polar surface area (TPSA) is 0 Å². The Kier molecular flexibility index (Phi) is 4.06. The third-order valence-corrected chi connectivity index (χ3v) is 6.70. The Morgan fingerprint density at radius 1 is 0.920 bits per heavy atom. The first kappa shape index (κ1) is 17.7. The van der Waals surface area contributed by atoms with Gasteiger partial charge >= 0.3 is 0 Å². The molecular weight excluding hydrogens is 300 g/mol. The molecule has 1 aromatic carbocycles. The number of fused-ring (bicyclic) bond motifs is 2. The van der Waals surface area contributed by atoms with Crippen molar-refractivity contribution in [3.63, 3.8) is 0 Å². The average molecular weight is 331 g/mol. The van der Waals surface area contributed by atoms with E-state index in [1.807, 2.05) is 0 Å². The summed E-state index contributed by atoms with van der Waals surface area (Å²) < 4.78 is 0. The van der Waals surface area contributed by atoms with E-state index in [1.165, 1.54) is 33.4 Å². The summed E-state index contributed by atoms with van der Waals surface area (Å²) in [5.41, 5.74) is 10.3. The lowest BCUT2D eigenvalue weighted by atomic mass is 9.56. The van der Waals surface area contributed by atoms with Crippen LogP contribution in [-0.2, 0) is 10.8 Å². The Morgan fingerprint density at radius 2 is 1.52 bits per heavy atom. The summed E-state index contributed by atoms with van der Waals surface area (Å²) in [4.78, 5) is 0. The number of benzene rings is 1. The zero-order valence-electron chi connectivity index (χ0n) is 16.6. The summed E-state index contributed by atoms with van der Waals surface area (Å²) in [7, 11) is 0. The van der Waals surface area contributed by atoms with Gasteiger partial charge in [0.15, 0.2) is 0 Å². The fourth-order valence-electron chi connectivity index (χ4n) is 4.89. The van der Waals surface area contributed by atoms with Gasteiger partial charge in [0.1, 0.15) is 0 Å². The maximum absolute atomic E-state index is 4.54. The number of hydrogen-bond donors (Lipinski definition) is 0. The average Bonchev–Trinajstić information content (AvgIpc) is 2.78. The number of allylic oxidation sites excluding steroid dienone is 8. The first-order valence-corrected chi connectivity index (χ1v) is 9.27. The van der Waals surface area contributed by atoms with Gasteiger partial charge < -0.3 is 0 Å². The molecule has 0 N–H and O–H groups in total. The van der Waals surface area contributed by atoms with Crippen molar-refractivity contribution >= 4 is 0 Å². The van der Waals surface area contributed by atoms with E-state index in [9.17, 15) is 0 Å². The summed E-state index contributed by atoms with van der Waals surface area (Å²) in [6, 6.07) is 8.90. The Labute approximate surface area is 153 Å². The van der Waals surface area contributed by atoms with Gasteiger partial charge in [0, 0.05) is 5.41 Å². The smallest absolute Gasteiger partial charge is 0.0630 e. The van der Waals surface area contributed by atoms with Gasteiger partial charge in [0.05, 0.1) is 5.41 Å². The quantitative estimate of drug-likeness (QED) is 0.514. The van der Waals surface area contributed by atoms with Crippen molar-refractivity contribution in [1.29, 1.82) is 0 Å². The predicted octanol–water partition coefficient (Wildman–Crippen LogP) is 6.96. The molecule has 0 aliphatic heterocycles. The van der Waals surface area contributed by atoms with Gasteiger partial charge in [0.2, 0.25) is 0 Å². The van der Waals surface area contributed by atoms with Crippen molar-refractivity contribution in [3.05, 3.63) is 94.1 Å². The Morgan fingerprint density at radius 3 is 2.12 bits per heavy atom. The lowest BCUT2D eigenvalue weighted by molar-refractivity contribution is 0.540. The summed E-state index contributed by atoms with van der Waals surface area (Å²) in [5, 5.41) is 0. The van der Waals surface area contributed by atoms with E-state index in [0.29, 0.717) is 0 Å². The fourth-order valence-corrected chi connectivity index (χ4v) is 4.89. The van der Waals surface area contributed by atoms with E-state index < -0.39 is 0 Å². The highest BCUT2D eigenvalue weighted by atomic mass is 14.5. The van der Waals surface area contributed by atoms with Gasteiger partial charge in [-0.25, -0.2) is 0 Å². The van der Waals surface area contributed by atoms with E-state index in [0.717, 1.165) is 17.6 Å². The lowest BCUT2D eigenvalue weighted by Gasteiger charge is -2.47. The van der Waals surface area contributed by atoms with Gasteiger partial charge in [-0.3, -0.25) is 0 Å². The summed E-state index contributed by atoms with van der Waals surface area (Å²) in [6.45, 7) is 22.6. The molecule has 0 saturated heterocycles. The summed E-state index contributed by atoms with van der Waals surface area (Å²) in [6.07, 6.45) is 5.49. The fraction of sp³-hybridized carbons (Fsp3) is 0.360. The summed E-state index contributed by atoms with van der Waals surface area (Å²) in [5.74, 6) is 0. The molecule has 0 saturated carbocycles. The van der Waals surface area contributed by atoms with Gasteiger partial charge in [0.25, 0.3) is 0 Å². The van der Waals surface area contributed by atoms with Crippen LogP contribution in [0.4, 0.5) is 0 Å². The van der Waals surface area contributed by atoms with Crippen molar-refractivity contribution in [2.24, 2.45) is 0 Å². The first-order valence-electron chi connectivity index (χ1n) is 9.27. The molecule has 0 fully saturated rings. The van der Waals surface area contributed by atoms with E-state index in [2.05, 4.69) is 91.1 Å². The van der Waals surface area contributed by atoms with Crippen LogP contribution < -0.4 is 0 Å². The third kappa shape index (κ3) is 2.06. The highest BCUT2D eigenvalue weighted by Gasteiger charge is 2.52. The van der Waals surface area contributed by atoms with Crippen molar-refractivity contribution < 1.29 is 0 Å². The standard InChI is InChI=1S/C25H30/c1-9-10-13-21-16(2)17(3)25(20(21)6)19(5)18(4)24(7,8)22-14-11-12-15-23(22)25/h10-15H,2-3,9H2,1,4-8H3/b13-10-. The molecule has 0 nitrogen and oxygen atoms in total. The second-order valence-electron chi connectivity index (χ2n) is 7.98. The van der Waals surface area contributed by atoms with Crippen LogP contribution in [0.5, 0.6) is 0 Å². The molecule has 0 aromatic heterocycles. The zero-order valence-corrected chi connectivity index (χ0v) is 16.6.